The molecule has 194 valence electrons. The maximum Gasteiger partial charge on any atom is 0.295 e. The number of hydrogen-bond donors (Lipinski definition) is 1. The van der Waals surface area contributed by atoms with Crippen LogP contribution in [0, 0.1) is 13.8 Å². The lowest BCUT2D eigenvalue weighted by atomic mass is 9.94. The van der Waals surface area contributed by atoms with Gasteiger partial charge in [0.15, 0.2) is 11.5 Å². The average molecular weight is 497 g/mol. The molecule has 1 amide bonds. The van der Waals surface area contributed by atoms with Crippen LogP contribution in [0.15, 0.2) is 23.8 Å². The molecule has 2 aromatic rings. The van der Waals surface area contributed by atoms with Crippen molar-refractivity contribution in [3.8, 4) is 11.5 Å². The molecule has 0 saturated carbocycles. The highest BCUT2D eigenvalue weighted by Crippen LogP contribution is 2.42. The van der Waals surface area contributed by atoms with E-state index in [2.05, 4.69) is 10.00 Å². The fourth-order valence-electron chi connectivity index (χ4n) is 5.15. The molecule has 9 heteroatoms. The molecule has 3 heterocycles. The minimum Gasteiger partial charge on any atom is -0.507 e. The van der Waals surface area contributed by atoms with E-state index in [1.165, 1.54) is 0 Å². The molecule has 0 aliphatic carbocycles. The van der Waals surface area contributed by atoms with E-state index in [4.69, 9.17) is 9.47 Å². The van der Waals surface area contributed by atoms with Gasteiger partial charge in [-0.3, -0.25) is 14.3 Å². The van der Waals surface area contributed by atoms with Gasteiger partial charge in [-0.05, 0) is 63.9 Å². The summed E-state index contributed by atoms with van der Waals surface area (Å²) in [5.41, 5.74) is 2.54. The Morgan fingerprint density at radius 2 is 1.86 bits per heavy atom. The lowest BCUT2D eigenvalue weighted by Gasteiger charge is -2.28. The fourth-order valence-corrected chi connectivity index (χ4v) is 5.15. The topological polar surface area (TPSA) is 97.1 Å². The Labute approximate surface area is 212 Å². The summed E-state index contributed by atoms with van der Waals surface area (Å²) in [6.07, 6.45) is 3.13. The van der Waals surface area contributed by atoms with Crippen molar-refractivity contribution >= 4 is 17.4 Å². The van der Waals surface area contributed by atoms with Gasteiger partial charge in [-0.1, -0.05) is 13.0 Å². The van der Waals surface area contributed by atoms with Gasteiger partial charge in [-0.2, -0.15) is 5.10 Å². The first-order valence-corrected chi connectivity index (χ1v) is 12.6. The Hall–Kier alpha value is -3.33. The van der Waals surface area contributed by atoms with Gasteiger partial charge < -0.3 is 24.4 Å². The third kappa shape index (κ3) is 4.72. The minimum atomic E-state index is -0.749. The van der Waals surface area contributed by atoms with Crippen LogP contribution in [0.4, 0.5) is 0 Å². The number of benzene rings is 1. The summed E-state index contributed by atoms with van der Waals surface area (Å²) >= 11 is 0. The largest absolute Gasteiger partial charge is 0.507 e. The van der Waals surface area contributed by atoms with Gasteiger partial charge in [0.2, 0.25) is 0 Å². The SMILES string of the molecule is CCCOc1ccc(C2/C(=C(\O)c3c(C)nn(C)c3C)C(=O)C(=O)N2CCN2CCCC2)cc1OC. The summed E-state index contributed by atoms with van der Waals surface area (Å²) in [6.45, 7) is 9.21. The lowest BCUT2D eigenvalue weighted by molar-refractivity contribution is -0.140. The summed E-state index contributed by atoms with van der Waals surface area (Å²) in [6, 6.07) is 4.68. The van der Waals surface area contributed by atoms with Crippen molar-refractivity contribution < 1.29 is 24.2 Å². The Kier molecular flexibility index (Phi) is 7.68. The maximum absolute atomic E-state index is 13.4. The van der Waals surface area contributed by atoms with Crippen molar-refractivity contribution in [1.29, 1.82) is 0 Å². The molecule has 2 saturated heterocycles. The summed E-state index contributed by atoms with van der Waals surface area (Å²) in [7, 11) is 3.34. The number of likely N-dealkylation sites (tertiary alicyclic amines) is 2. The van der Waals surface area contributed by atoms with Crippen LogP contribution in [0.1, 0.15) is 54.7 Å². The third-order valence-corrected chi connectivity index (χ3v) is 7.11. The number of carbonyl (C=O) groups is 2. The van der Waals surface area contributed by atoms with E-state index in [9.17, 15) is 14.7 Å². The predicted octanol–water partition coefficient (Wildman–Crippen LogP) is 3.35. The van der Waals surface area contributed by atoms with E-state index in [1.54, 1.807) is 42.8 Å². The predicted molar refractivity (Wildman–Crippen MR) is 136 cm³/mol. The number of aliphatic hydroxyl groups excluding tert-OH is 1. The monoisotopic (exact) mass is 496 g/mol. The number of ketones is 1. The molecule has 1 aromatic carbocycles. The van der Waals surface area contributed by atoms with Gasteiger partial charge in [0.25, 0.3) is 11.7 Å². The first kappa shape index (κ1) is 25.8. The third-order valence-electron chi connectivity index (χ3n) is 7.11. The number of nitrogens with zero attached hydrogens (tertiary/aromatic N) is 4. The summed E-state index contributed by atoms with van der Waals surface area (Å²) < 4.78 is 13.0. The molecule has 36 heavy (non-hydrogen) atoms. The molecule has 1 N–H and O–H groups in total. The van der Waals surface area contributed by atoms with Crippen LogP contribution in [-0.4, -0.2) is 76.3 Å². The Bertz CT molecular complexity index is 1180. The molecule has 0 radical (unpaired) electrons. The van der Waals surface area contributed by atoms with E-state index in [0.29, 0.717) is 53.7 Å². The summed E-state index contributed by atoms with van der Waals surface area (Å²) in [5.74, 6) is -0.386. The van der Waals surface area contributed by atoms with Crippen molar-refractivity contribution in [2.75, 3.05) is 39.9 Å². The van der Waals surface area contributed by atoms with Crippen molar-refractivity contribution in [3.05, 3.63) is 46.3 Å². The molecule has 2 fully saturated rings. The zero-order valence-electron chi connectivity index (χ0n) is 21.8. The van der Waals surface area contributed by atoms with Crippen LogP contribution >= 0.6 is 0 Å². The number of Topliss-reactive ketones (excluding diaryl/α,β-unsaturated/α-hetero) is 1. The Morgan fingerprint density at radius 1 is 1.14 bits per heavy atom. The van der Waals surface area contributed by atoms with Crippen LogP contribution in [0.5, 0.6) is 11.5 Å². The van der Waals surface area contributed by atoms with Gasteiger partial charge in [-0.15, -0.1) is 0 Å². The second kappa shape index (κ2) is 10.7. The average Bonchev–Trinajstić information content (AvgIpc) is 3.54. The van der Waals surface area contributed by atoms with Crippen LogP contribution in [0.3, 0.4) is 0 Å². The number of aromatic nitrogens is 2. The van der Waals surface area contributed by atoms with E-state index in [0.717, 1.165) is 32.4 Å². The van der Waals surface area contributed by atoms with Crippen molar-refractivity contribution in [1.82, 2.24) is 19.6 Å². The van der Waals surface area contributed by atoms with E-state index < -0.39 is 17.7 Å². The number of ether oxygens (including phenoxy) is 2. The van der Waals surface area contributed by atoms with Crippen molar-refractivity contribution in [2.45, 2.75) is 46.1 Å². The molecule has 4 rings (SSSR count). The Morgan fingerprint density at radius 3 is 2.47 bits per heavy atom. The quantitative estimate of drug-likeness (QED) is 0.323. The zero-order valence-corrected chi connectivity index (χ0v) is 21.8. The summed E-state index contributed by atoms with van der Waals surface area (Å²) in [4.78, 5) is 30.6. The van der Waals surface area contributed by atoms with Crippen LogP contribution in [0.25, 0.3) is 5.76 Å². The molecule has 9 nitrogen and oxygen atoms in total. The number of amides is 1. The Balaban J connectivity index is 1.82. The first-order valence-electron chi connectivity index (χ1n) is 12.6. The van der Waals surface area contributed by atoms with E-state index in [1.807, 2.05) is 19.9 Å². The number of aliphatic hydroxyl groups is 1. The summed E-state index contributed by atoms with van der Waals surface area (Å²) in [5, 5.41) is 15.9. The second-order valence-corrected chi connectivity index (χ2v) is 9.47. The van der Waals surface area contributed by atoms with Gasteiger partial charge >= 0.3 is 0 Å². The fraction of sp³-hybridized carbons (Fsp3) is 0.519. The molecular formula is C27H36N4O5. The standard InChI is InChI=1S/C27H36N4O5/c1-6-15-36-20-10-9-19(16-21(20)35-5)24-23(25(32)22-17(2)28-29(4)18(22)3)26(33)27(34)31(24)14-13-30-11-7-8-12-30/h9-10,16,24,32H,6-8,11-15H2,1-5H3/b25-23+. The van der Waals surface area contributed by atoms with Crippen LogP contribution in [0.2, 0.25) is 0 Å². The van der Waals surface area contributed by atoms with Gasteiger partial charge in [0.1, 0.15) is 5.76 Å². The van der Waals surface area contributed by atoms with Crippen molar-refractivity contribution in [2.24, 2.45) is 7.05 Å². The smallest absolute Gasteiger partial charge is 0.295 e. The molecule has 2 aliphatic rings. The maximum atomic E-state index is 13.4. The lowest BCUT2D eigenvalue weighted by Crippen LogP contribution is -2.37. The highest BCUT2D eigenvalue weighted by atomic mass is 16.5. The van der Waals surface area contributed by atoms with Gasteiger partial charge in [0.05, 0.1) is 36.6 Å². The number of rotatable bonds is 9. The van der Waals surface area contributed by atoms with E-state index in [-0.39, 0.29) is 11.3 Å². The van der Waals surface area contributed by atoms with Crippen LogP contribution < -0.4 is 9.47 Å². The minimum absolute atomic E-state index is 0.0740. The number of methoxy groups -OCH3 is 1. The number of carbonyl (C=O) groups excluding carboxylic acids is 2. The normalized spacial score (nSPS) is 19.9. The molecule has 2 aliphatic heterocycles. The highest BCUT2D eigenvalue weighted by Gasteiger charge is 2.46. The zero-order chi connectivity index (χ0) is 26.0. The van der Waals surface area contributed by atoms with Gasteiger partial charge in [0, 0.05) is 25.8 Å². The number of aryl methyl sites for hydroxylation is 2. The second-order valence-electron chi connectivity index (χ2n) is 9.47. The van der Waals surface area contributed by atoms with Gasteiger partial charge in [-0.25, -0.2) is 0 Å². The van der Waals surface area contributed by atoms with Crippen molar-refractivity contribution in [3.63, 3.8) is 0 Å². The molecule has 1 unspecified atom stereocenters. The highest BCUT2D eigenvalue weighted by molar-refractivity contribution is 6.46. The molecule has 0 bridgehead atoms. The van der Waals surface area contributed by atoms with E-state index >= 15 is 0 Å². The molecular weight excluding hydrogens is 460 g/mol. The first-order chi connectivity index (χ1) is 17.3. The molecule has 1 atom stereocenters. The number of hydrogen-bond acceptors (Lipinski definition) is 7. The molecule has 0 spiro atoms. The molecule has 1 aromatic heterocycles. The van der Waals surface area contributed by atoms with Crippen LogP contribution in [-0.2, 0) is 16.6 Å².